The van der Waals surface area contributed by atoms with Crippen LogP contribution >= 0.6 is 0 Å². The molecule has 1 aliphatic rings. The van der Waals surface area contributed by atoms with Crippen molar-refractivity contribution in [1.82, 2.24) is 4.90 Å². The summed E-state index contributed by atoms with van der Waals surface area (Å²) in [4.78, 5) is 25.4. The van der Waals surface area contributed by atoms with Gasteiger partial charge in [-0.05, 0) is 25.7 Å². The molecule has 0 aliphatic heterocycles. The molecular weight excluding hydrogens is 230 g/mol. The molecule has 0 radical (unpaired) electrons. The molecule has 1 fully saturated rings. The van der Waals surface area contributed by atoms with Gasteiger partial charge in [0, 0.05) is 12.5 Å². The van der Waals surface area contributed by atoms with Gasteiger partial charge in [-0.1, -0.05) is 19.4 Å². The van der Waals surface area contributed by atoms with Crippen molar-refractivity contribution in [3.63, 3.8) is 0 Å². The van der Waals surface area contributed by atoms with Crippen molar-refractivity contribution in [1.29, 1.82) is 0 Å². The second-order valence-electron chi connectivity index (χ2n) is 4.83. The predicted octanol–water partition coefficient (Wildman–Crippen LogP) is 2.00. The molecule has 1 amide bonds. The van der Waals surface area contributed by atoms with Crippen molar-refractivity contribution in [3.8, 4) is 0 Å². The van der Waals surface area contributed by atoms with E-state index >= 15 is 0 Å². The molecule has 4 heteroatoms. The number of carbonyl (C=O) groups excluding carboxylic acids is 2. The average Bonchev–Trinajstić information content (AvgIpc) is 2.74. The third-order valence-corrected chi connectivity index (χ3v) is 3.47. The molecule has 2 atom stereocenters. The van der Waals surface area contributed by atoms with Gasteiger partial charge in [0.2, 0.25) is 5.91 Å². The van der Waals surface area contributed by atoms with Gasteiger partial charge >= 0.3 is 5.97 Å². The van der Waals surface area contributed by atoms with Crippen LogP contribution in [0, 0.1) is 11.8 Å². The fraction of sp³-hybridized carbons (Fsp3) is 0.714. The van der Waals surface area contributed by atoms with Crippen LogP contribution in [0.15, 0.2) is 12.7 Å². The molecule has 1 saturated carbocycles. The smallest absolute Gasteiger partial charge is 0.325 e. The van der Waals surface area contributed by atoms with E-state index in [-0.39, 0.29) is 24.3 Å². The van der Waals surface area contributed by atoms with E-state index in [0.717, 1.165) is 19.3 Å². The Labute approximate surface area is 109 Å². The van der Waals surface area contributed by atoms with Gasteiger partial charge in [-0.3, -0.25) is 9.59 Å². The second-order valence-corrected chi connectivity index (χ2v) is 4.83. The molecule has 2 unspecified atom stereocenters. The van der Waals surface area contributed by atoms with Gasteiger partial charge in [0.05, 0.1) is 6.61 Å². The fourth-order valence-electron chi connectivity index (χ4n) is 2.50. The molecule has 1 rings (SSSR count). The lowest BCUT2D eigenvalue weighted by Crippen LogP contribution is -2.41. The van der Waals surface area contributed by atoms with Crippen molar-refractivity contribution in [2.24, 2.45) is 11.8 Å². The highest BCUT2D eigenvalue weighted by atomic mass is 16.5. The van der Waals surface area contributed by atoms with E-state index in [1.165, 1.54) is 0 Å². The van der Waals surface area contributed by atoms with Crippen LogP contribution in [0.3, 0.4) is 0 Å². The van der Waals surface area contributed by atoms with E-state index < -0.39 is 0 Å². The topological polar surface area (TPSA) is 46.6 Å². The first-order chi connectivity index (χ1) is 8.60. The normalized spacial score (nSPS) is 22.6. The molecule has 0 aromatic heterocycles. The summed E-state index contributed by atoms with van der Waals surface area (Å²) >= 11 is 0. The van der Waals surface area contributed by atoms with Crippen LogP contribution in [0.1, 0.15) is 33.1 Å². The fourth-order valence-corrected chi connectivity index (χ4v) is 2.50. The zero-order chi connectivity index (χ0) is 13.5. The van der Waals surface area contributed by atoms with Gasteiger partial charge in [0.25, 0.3) is 0 Å². The number of nitrogens with zero attached hydrogens (tertiary/aromatic N) is 1. The molecule has 0 aromatic rings. The summed E-state index contributed by atoms with van der Waals surface area (Å²) in [6.07, 6.45) is 4.77. The Bertz CT molecular complexity index is 314. The molecule has 4 nitrogen and oxygen atoms in total. The zero-order valence-corrected chi connectivity index (χ0v) is 11.4. The summed E-state index contributed by atoms with van der Waals surface area (Å²) in [5, 5.41) is 0. The van der Waals surface area contributed by atoms with Gasteiger partial charge in [-0.15, -0.1) is 6.58 Å². The Kier molecular flexibility index (Phi) is 5.89. The average molecular weight is 253 g/mol. The first-order valence-electron chi connectivity index (χ1n) is 6.65. The summed E-state index contributed by atoms with van der Waals surface area (Å²) in [5.41, 5.74) is 0. The molecule has 1 aliphatic carbocycles. The van der Waals surface area contributed by atoms with Crippen LogP contribution in [-0.2, 0) is 14.3 Å². The lowest BCUT2D eigenvalue weighted by Gasteiger charge is -2.25. The van der Waals surface area contributed by atoms with Gasteiger partial charge in [-0.25, -0.2) is 0 Å². The molecule has 18 heavy (non-hydrogen) atoms. The molecular formula is C14H23NO3. The van der Waals surface area contributed by atoms with E-state index in [9.17, 15) is 9.59 Å². The monoisotopic (exact) mass is 253 g/mol. The van der Waals surface area contributed by atoms with Crippen LogP contribution in [0.2, 0.25) is 0 Å². The molecule has 0 aromatic carbocycles. The van der Waals surface area contributed by atoms with E-state index in [2.05, 4.69) is 13.5 Å². The standard InChI is InChI=1S/C14H23NO3/c1-4-9-15(10-13(16)18-5-2)14(17)12-8-6-7-11(12)3/h4,11-12H,1,5-10H2,2-3H3. The second kappa shape index (κ2) is 7.19. The van der Waals surface area contributed by atoms with Crippen molar-refractivity contribution in [2.75, 3.05) is 19.7 Å². The lowest BCUT2D eigenvalue weighted by atomic mass is 9.96. The third-order valence-electron chi connectivity index (χ3n) is 3.47. The van der Waals surface area contributed by atoms with Gasteiger partial charge in [0.15, 0.2) is 0 Å². The Morgan fingerprint density at radius 1 is 1.44 bits per heavy atom. The number of ether oxygens (including phenoxy) is 1. The maximum absolute atomic E-state index is 12.4. The van der Waals surface area contributed by atoms with Gasteiger partial charge in [0.1, 0.15) is 6.54 Å². The van der Waals surface area contributed by atoms with E-state index in [0.29, 0.717) is 19.1 Å². The number of rotatable bonds is 6. The Balaban J connectivity index is 2.62. The first-order valence-corrected chi connectivity index (χ1v) is 6.65. The Morgan fingerprint density at radius 3 is 2.67 bits per heavy atom. The number of carbonyl (C=O) groups is 2. The SMILES string of the molecule is C=CCN(CC(=O)OCC)C(=O)C1CCCC1C. The highest BCUT2D eigenvalue weighted by Gasteiger charge is 2.33. The van der Waals surface area contributed by atoms with Crippen LogP contribution in [0.4, 0.5) is 0 Å². The number of amides is 1. The number of esters is 1. The van der Waals surface area contributed by atoms with Crippen LogP contribution < -0.4 is 0 Å². The minimum atomic E-state index is -0.349. The van der Waals surface area contributed by atoms with Crippen LogP contribution in [0.5, 0.6) is 0 Å². The third kappa shape index (κ3) is 3.86. The quantitative estimate of drug-likeness (QED) is 0.537. The minimum absolute atomic E-state index is 0.0297. The maximum Gasteiger partial charge on any atom is 0.325 e. The summed E-state index contributed by atoms with van der Waals surface area (Å²) in [5.74, 6) is 0.178. The van der Waals surface area contributed by atoms with Crippen LogP contribution in [-0.4, -0.2) is 36.5 Å². The highest BCUT2D eigenvalue weighted by molar-refractivity contribution is 5.84. The zero-order valence-electron chi connectivity index (χ0n) is 11.4. The van der Waals surface area contributed by atoms with Crippen LogP contribution in [0.25, 0.3) is 0 Å². The largest absolute Gasteiger partial charge is 0.465 e. The summed E-state index contributed by atoms with van der Waals surface area (Å²) < 4.78 is 4.89. The van der Waals surface area contributed by atoms with Crippen molar-refractivity contribution < 1.29 is 14.3 Å². The van der Waals surface area contributed by atoms with Crippen molar-refractivity contribution in [2.45, 2.75) is 33.1 Å². The van der Waals surface area contributed by atoms with Crippen molar-refractivity contribution >= 4 is 11.9 Å². The van der Waals surface area contributed by atoms with E-state index in [1.54, 1.807) is 17.9 Å². The maximum atomic E-state index is 12.4. The van der Waals surface area contributed by atoms with E-state index in [1.807, 2.05) is 0 Å². The Morgan fingerprint density at radius 2 is 2.17 bits per heavy atom. The van der Waals surface area contributed by atoms with Gasteiger partial charge < -0.3 is 9.64 Å². The minimum Gasteiger partial charge on any atom is -0.465 e. The van der Waals surface area contributed by atoms with Crippen molar-refractivity contribution in [3.05, 3.63) is 12.7 Å². The lowest BCUT2D eigenvalue weighted by molar-refractivity contribution is -0.150. The molecule has 0 N–H and O–H groups in total. The first kappa shape index (κ1) is 14.7. The van der Waals surface area contributed by atoms with Gasteiger partial charge in [-0.2, -0.15) is 0 Å². The van der Waals surface area contributed by atoms with E-state index in [4.69, 9.17) is 4.74 Å². The molecule has 0 bridgehead atoms. The summed E-state index contributed by atoms with van der Waals surface area (Å²) in [6, 6.07) is 0. The number of hydrogen-bond acceptors (Lipinski definition) is 3. The molecule has 0 spiro atoms. The highest BCUT2D eigenvalue weighted by Crippen LogP contribution is 2.32. The summed E-state index contributed by atoms with van der Waals surface area (Å²) in [6.45, 7) is 8.27. The molecule has 0 heterocycles. The molecule has 102 valence electrons. The Hall–Kier alpha value is -1.32. The predicted molar refractivity (Wildman–Crippen MR) is 69.9 cm³/mol. The number of hydrogen-bond donors (Lipinski definition) is 0. The summed E-state index contributed by atoms with van der Waals surface area (Å²) in [7, 11) is 0. The molecule has 0 saturated heterocycles.